The van der Waals surface area contributed by atoms with Crippen molar-refractivity contribution in [2.45, 2.75) is 12.6 Å². The second-order valence-electron chi connectivity index (χ2n) is 2.92. The van der Waals surface area contributed by atoms with E-state index in [0.29, 0.717) is 0 Å². The molecule has 0 fully saturated rings. The lowest BCUT2D eigenvalue weighted by Crippen LogP contribution is -2.14. The molecule has 0 bridgehead atoms. The Kier molecular flexibility index (Phi) is 1.98. The third kappa shape index (κ3) is 2.14. The number of fused-ring (bicyclic) bond motifs is 1. The summed E-state index contributed by atoms with van der Waals surface area (Å²) in [5.41, 5.74) is -0.163. The number of halogens is 3. The summed E-state index contributed by atoms with van der Waals surface area (Å²) in [6, 6.07) is 0. The van der Waals surface area contributed by atoms with Gasteiger partial charge in [0.1, 0.15) is 17.8 Å². The highest BCUT2D eigenvalue weighted by molar-refractivity contribution is 5.67. The van der Waals surface area contributed by atoms with Crippen molar-refractivity contribution >= 4 is 11.2 Å². The van der Waals surface area contributed by atoms with Gasteiger partial charge in [-0.1, -0.05) is 0 Å². The first-order chi connectivity index (χ1) is 6.94. The highest BCUT2D eigenvalue weighted by Gasteiger charge is 2.29. The van der Waals surface area contributed by atoms with Gasteiger partial charge in [0, 0.05) is 0 Å². The average molecular weight is 218 g/mol. The summed E-state index contributed by atoms with van der Waals surface area (Å²) in [5, 5.41) is 0. The van der Waals surface area contributed by atoms with Gasteiger partial charge in [-0.15, -0.1) is 0 Å². The zero-order chi connectivity index (χ0) is 11.1. The maximum Gasteiger partial charge on any atom is 0.396 e. The Balaban J connectivity index is 2.42. The molecule has 0 spiro atoms. The molecule has 2 aromatic heterocycles. The van der Waals surface area contributed by atoms with E-state index in [9.17, 15) is 18.0 Å². The molecule has 0 unspecified atom stereocenters. The zero-order valence-corrected chi connectivity index (χ0v) is 7.22. The molecule has 0 saturated heterocycles. The standard InChI is InChI=1S/C7H5F3N4O/c8-7(9,10)1-4-11-2-3-5(13-4)14-6(15)12-3/h2H,1H2,(H2,11,12,13,14,15). The van der Waals surface area contributed by atoms with Crippen molar-refractivity contribution in [3.05, 3.63) is 22.5 Å². The van der Waals surface area contributed by atoms with Crippen LogP contribution in [-0.2, 0) is 6.42 Å². The molecular weight excluding hydrogens is 213 g/mol. The zero-order valence-electron chi connectivity index (χ0n) is 7.22. The van der Waals surface area contributed by atoms with Crippen LogP contribution in [0.4, 0.5) is 13.2 Å². The van der Waals surface area contributed by atoms with E-state index in [1.54, 1.807) is 0 Å². The van der Waals surface area contributed by atoms with Gasteiger partial charge in [0.2, 0.25) is 0 Å². The second kappa shape index (κ2) is 3.07. The normalized spacial score (nSPS) is 12.2. The molecule has 2 rings (SSSR count). The van der Waals surface area contributed by atoms with Crippen LogP contribution < -0.4 is 5.69 Å². The Morgan fingerprint density at radius 3 is 2.73 bits per heavy atom. The molecule has 2 heterocycles. The Hall–Kier alpha value is -1.86. The third-order valence-corrected chi connectivity index (χ3v) is 1.68. The summed E-state index contributed by atoms with van der Waals surface area (Å²) in [5.74, 6) is -0.370. The van der Waals surface area contributed by atoms with E-state index in [1.807, 2.05) is 0 Å². The van der Waals surface area contributed by atoms with Gasteiger partial charge in [0.15, 0.2) is 5.65 Å². The first-order valence-corrected chi connectivity index (χ1v) is 3.95. The molecule has 5 nitrogen and oxygen atoms in total. The number of nitrogens with one attached hydrogen (secondary N) is 2. The van der Waals surface area contributed by atoms with Gasteiger partial charge in [0.25, 0.3) is 0 Å². The van der Waals surface area contributed by atoms with Crippen molar-refractivity contribution in [1.29, 1.82) is 0 Å². The first-order valence-electron chi connectivity index (χ1n) is 3.95. The predicted molar refractivity (Wildman–Crippen MR) is 44.3 cm³/mol. The van der Waals surface area contributed by atoms with Crippen LogP contribution in [0.15, 0.2) is 11.0 Å². The molecule has 0 saturated carbocycles. The van der Waals surface area contributed by atoms with Gasteiger partial charge in [-0.2, -0.15) is 13.2 Å². The van der Waals surface area contributed by atoms with Crippen LogP contribution in [0.1, 0.15) is 5.82 Å². The van der Waals surface area contributed by atoms with Crippen molar-refractivity contribution < 1.29 is 13.2 Å². The Morgan fingerprint density at radius 1 is 1.33 bits per heavy atom. The average Bonchev–Trinajstić information content (AvgIpc) is 2.40. The lowest BCUT2D eigenvalue weighted by Gasteiger charge is -2.03. The Bertz CT molecular complexity index is 541. The van der Waals surface area contributed by atoms with E-state index >= 15 is 0 Å². The maximum atomic E-state index is 12.0. The lowest BCUT2D eigenvalue weighted by molar-refractivity contribution is -0.128. The smallest absolute Gasteiger partial charge is 0.303 e. The number of aromatic nitrogens is 4. The molecule has 2 N–H and O–H groups in total. The summed E-state index contributed by atoms with van der Waals surface area (Å²) < 4.78 is 36.0. The van der Waals surface area contributed by atoms with Gasteiger partial charge in [-0.25, -0.2) is 14.8 Å². The minimum atomic E-state index is -4.36. The van der Waals surface area contributed by atoms with Gasteiger partial charge in [0.05, 0.1) is 6.20 Å². The predicted octanol–water partition coefficient (Wildman–Crippen LogP) is 0.751. The number of rotatable bonds is 1. The van der Waals surface area contributed by atoms with Crippen molar-refractivity contribution in [3.63, 3.8) is 0 Å². The van der Waals surface area contributed by atoms with Gasteiger partial charge >= 0.3 is 11.9 Å². The van der Waals surface area contributed by atoms with Gasteiger partial charge < -0.3 is 4.98 Å². The van der Waals surface area contributed by atoms with Crippen LogP contribution in [0.25, 0.3) is 11.2 Å². The molecule has 0 aliphatic rings. The highest BCUT2D eigenvalue weighted by Crippen LogP contribution is 2.19. The summed E-state index contributed by atoms with van der Waals surface area (Å²) in [4.78, 5) is 22.4. The van der Waals surface area contributed by atoms with E-state index < -0.39 is 18.3 Å². The van der Waals surface area contributed by atoms with Crippen LogP contribution in [0, 0.1) is 0 Å². The number of hydrogen-bond donors (Lipinski definition) is 2. The monoisotopic (exact) mass is 218 g/mol. The fourth-order valence-electron chi connectivity index (χ4n) is 1.13. The first kappa shape index (κ1) is 9.69. The van der Waals surface area contributed by atoms with Crippen LogP contribution in [0.2, 0.25) is 0 Å². The van der Waals surface area contributed by atoms with E-state index in [0.717, 1.165) is 6.20 Å². The molecule has 0 amide bonds. The number of hydrogen-bond acceptors (Lipinski definition) is 3. The summed E-state index contributed by atoms with van der Waals surface area (Å²) in [7, 11) is 0. The summed E-state index contributed by atoms with van der Waals surface area (Å²) >= 11 is 0. The molecule has 15 heavy (non-hydrogen) atoms. The minimum Gasteiger partial charge on any atom is -0.303 e. The maximum absolute atomic E-state index is 12.0. The number of aromatic amines is 2. The molecule has 80 valence electrons. The quantitative estimate of drug-likeness (QED) is 0.741. The minimum absolute atomic E-state index is 0.0780. The Morgan fingerprint density at radius 2 is 2.07 bits per heavy atom. The molecular formula is C7H5F3N4O. The van der Waals surface area contributed by atoms with Crippen molar-refractivity contribution in [2.24, 2.45) is 0 Å². The van der Waals surface area contributed by atoms with Gasteiger partial charge in [-0.05, 0) is 0 Å². The van der Waals surface area contributed by atoms with Crippen LogP contribution >= 0.6 is 0 Å². The van der Waals surface area contributed by atoms with Crippen molar-refractivity contribution in [1.82, 2.24) is 19.9 Å². The van der Waals surface area contributed by atoms with E-state index in [2.05, 4.69) is 19.9 Å². The molecule has 0 aliphatic heterocycles. The Labute approximate surface area is 80.4 Å². The summed E-state index contributed by atoms with van der Waals surface area (Å²) in [6.45, 7) is 0. The topological polar surface area (TPSA) is 74.4 Å². The van der Waals surface area contributed by atoms with Crippen LogP contribution in [0.3, 0.4) is 0 Å². The third-order valence-electron chi connectivity index (χ3n) is 1.68. The summed E-state index contributed by atoms with van der Waals surface area (Å²) in [6.07, 6.45) is -4.43. The molecule has 0 atom stereocenters. The molecule has 2 aromatic rings. The highest BCUT2D eigenvalue weighted by atomic mass is 19.4. The fourth-order valence-corrected chi connectivity index (χ4v) is 1.13. The van der Waals surface area contributed by atoms with Gasteiger partial charge in [-0.3, -0.25) is 4.98 Å². The van der Waals surface area contributed by atoms with E-state index in [-0.39, 0.29) is 17.0 Å². The van der Waals surface area contributed by atoms with E-state index in [4.69, 9.17) is 0 Å². The molecule has 8 heteroatoms. The van der Waals surface area contributed by atoms with E-state index in [1.165, 1.54) is 0 Å². The van der Waals surface area contributed by atoms with Crippen molar-refractivity contribution in [3.8, 4) is 0 Å². The largest absolute Gasteiger partial charge is 0.396 e. The second-order valence-corrected chi connectivity index (χ2v) is 2.92. The molecule has 0 aliphatic carbocycles. The number of H-pyrrole nitrogens is 2. The molecule has 0 aromatic carbocycles. The SMILES string of the molecule is O=c1[nH]c2cnc(CC(F)(F)F)nc2[nH]1. The van der Waals surface area contributed by atoms with Crippen LogP contribution in [-0.4, -0.2) is 26.1 Å². The molecule has 0 radical (unpaired) electrons. The number of nitrogens with zero attached hydrogens (tertiary/aromatic N) is 2. The lowest BCUT2D eigenvalue weighted by atomic mass is 10.4. The fraction of sp³-hybridized carbons (Fsp3) is 0.286. The van der Waals surface area contributed by atoms with Crippen LogP contribution in [0.5, 0.6) is 0 Å². The number of alkyl halides is 3. The van der Waals surface area contributed by atoms with Crippen molar-refractivity contribution in [2.75, 3.05) is 0 Å². The number of imidazole rings is 1.